The van der Waals surface area contributed by atoms with E-state index in [-0.39, 0.29) is 21.4 Å². The van der Waals surface area contributed by atoms with E-state index < -0.39 is 15.8 Å². The Morgan fingerprint density at radius 3 is 2.21 bits per heavy atom. The summed E-state index contributed by atoms with van der Waals surface area (Å²) in [6.45, 7) is 3.16. The van der Waals surface area contributed by atoms with Gasteiger partial charge in [-0.2, -0.15) is 4.31 Å². The maximum atomic E-state index is 13.1. The minimum absolute atomic E-state index is 0.128. The van der Waals surface area contributed by atoms with Gasteiger partial charge in [-0.05, 0) is 31.0 Å². The second-order valence-corrected chi connectivity index (χ2v) is 10.2. The molecule has 1 aromatic carbocycles. The molecule has 3 heterocycles. The standard InChI is InChI=1S/C20H27ClN2O5S/c21-18-6-5-16(29(25,26)23-9-3-1-2-4-10-23)15-17(18)19(24)22-11-7-20(8-12-22)27-13-14-28-20/h5-6,15H,1-4,7-14H2. The third kappa shape index (κ3) is 4.32. The maximum absolute atomic E-state index is 13.1. The summed E-state index contributed by atoms with van der Waals surface area (Å²) in [5.41, 5.74) is 0.228. The van der Waals surface area contributed by atoms with Gasteiger partial charge in [0.2, 0.25) is 10.0 Å². The monoisotopic (exact) mass is 442 g/mol. The summed E-state index contributed by atoms with van der Waals surface area (Å²) in [6, 6.07) is 4.43. The van der Waals surface area contributed by atoms with E-state index in [2.05, 4.69) is 0 Å². The first kappa shape index (κ1) is 21.1. The maximum Gasteiger partial charge on any atom is 0.255 e. The Labute approximate surface area is 176 Å². The van der Waals surface area contributed by atoms with Crippen LogP contribution in [0, 0.1) is 0 Å². The van der Waals surface area contributed by atoms with Crippen LogP contribution < -0.4 is 0 Å². The SMILES string of the molecule is O=C(c1cc(S(=O)(=O)N2CCCCCC2)ccc1Cl)N1CCC2(CC1)OCCO2. The van der Waals surface area contributed by atoms with Crippen LogP contribution in [0.5, 0.6) is 0 Å². The van der Waals surface area contributed by atoms with Crippen LogP contribution in [0.3, 0.4) is 0 Å². The lowest BCUT2D eigenvalue weighted by Gasteiger charge is -2.37. The number of nitrogens with zero attached hydrogens (tertiary/aromatic N) is 2. The Kier molecular flexibility index (Phi) is 6.18. The molecule has 1 spiro atoms. The van der Waals surface area contributed by atoms with E-state index in [0.29, 0.717) is 52.2 Å². The number of hydrogen-bond donors (Lipinski definition) is 0. The predicted molar refractivity (Wildman–Crippen MR) is 108 cm³/mol. The van der Waals surface area contributed by atoms with Gasteiger partial charge in [-0.1, -0.05) is 24.4 Å². The number of sulfonamides is 1. The highest BCUT2D eigenvalue weighted by Crippen LogP contribution is 2.33. The number of carbonyl (C=O) groups excluding carboxylic acids is 1. The van der Waals surface area contributed by atoms with Gasteiger partial charge in [0, 0.05) is 39.0 Å². The highest BCUT2D eigenvalue weighted by atomic mass is 35.5. The first-order valence-corrected chi connectivity index (χ1v) is 12.1. The van der Waals surface area contributed by atoms with E-state index in [1.807, 2.05) is 0 Å². The predicted octanol–water partition coefficient (Wildman–Crippen LogP) is 2.88. The number of piperidine rings is 1. The summed E-state index contributed by atoms with van der Waals surface area (Å²) in [5.74, 6) is -0.825. The van der Waals surface area contributed by atoms with Crippen molar-refractivity contribution in [2.24, 2.45) is 0 Å². The second kappa shape index (κ2) is 8.51. The van der Waals surface area contributed by atoms with Crippen molar-refractivity contribution < 1.29 is 22.7 Å². The molecular formula is C20H27ClN2O5S. The number of hydrogen-bond acceptors (Lipinski definition) is 5. The van der Waals surface area contributed by atoms with Crippen molar-refractivity contribution in [2.45, 2.75) is 49.2 Å². The molecule has 0 aromatic heterocycles. The molecule has 1 amide bonds. The van der Waals surface area contributed by atoms with Crippen molar-refractivity contribution in [3.63, 3.8) is 0 Å². The number of halogens is 1. The summed E-state index contributed by atoms with van der Waals surface area (Å²) in [4.78, 5) is 14.9. The molecule has 3 aliphatic rings. The average Bonchev–Trinajstić information content (AvgIpc) is 2.99. The Balaban J connectivity index is 1.53. The van der Waals surface area contributed by atoms with Crippen LogP contribution in [-0.2, 0) is 19.5 Å². The van der Waals surface area contributed by atoms with Gasteiger partial charge >= 0.3 is 0 Å². The Morgan fingerprint density at radius 2 is 1.59 bits per heavy atom. The summed E-state index contributed by atoms with van der Waals surface area (Å²) in [7, 11) is -3.64. The Morgan fingerprint density at radius 1 is 0.966 bits per heavy atom. The summed E-state index contributed by atoms with van der Waals surface area (Å²) in [5, 5.41) is 0.262. The number of benzene rings is 1. The van der Waals surface area contributed by atoms with Crippen LogP contribution in [0.2, 0.25) is 5.02 Å². The zero-order valence-corrected chi connectivity index (χ0v) is 18.0. The molecule has 4 rings (SSSR count). The van der Waals surface area contributed by atoms with Gasteiger partial charge in [0.25, 0.3) is 5.91 Å². The minimum atomic E-state index is -3.64. The fourth-order valence-corrected chi connectivity index (χ4v) is 6.01. The van der Waals surface area contributed by atoms with E-state index in [1.165, 1.54) is 22.5 Å². The van der Waals surface area contributed by atoms with Crippen molar-refractivity contribution in [1.29, 1.82) is 0 Å². The third-order valence-electron chi connectivity index (χ3n) is 6.00. The number of amides is 1. The summed E-state index contributed by atoms with van der Waals surface area (Å²) < 4.78 is 39.1. The fraction of sp³-hybridized carbons (Fsp3) is 0.650. The third-order valence-corrected chi connectivity index (χ3v) is 8.22. The summed E-state index contributed by atoms with van der Waals surface area (Å²) >= 11 is 6.29. The molecule has 0 aliphatic carbocycles. The molecular weight excluding hydrogens is 416 g/mol. The van der Waals surface area contributed by atoms with Crippen molar-refractivity contribution in [3.8, 4) is 0 Å². The van der Waals surface area contributed by atoms with Gasteiger partial charge in [-0.3, -0.25) is 4.79 Å². The van der Waals surface area contributed by atoms with E-state index in [9.17, 15) is 13.2 Å². The van der Waals surface area contributed by atoms with Gasteiger partial charge in [0.1, 0.15) is 0 Å². The first-order chi connectivity index (χ1) is 13.9. The molecule has 0 saturated carbocycles. The number of carbonyl (C=O) groups is 1. The average molecular weight is 443 g/mol. The molecule has 160 valence electrons. The van der Waals surface area contributed by atoms with Gasteiger partial charge in [-0.15, -0.1) is 0 Å². The number of likely N-dealkylation sites (tertiary alicyclic amines) is 1. The Bertz CT molecular complexity index is 852. The minimum Gasteiger partial charge on any atom is -0.347 e. The van der Waals surface area contributed by atoms with Crippen LogP contribution in [0.4, 0.5) is 0 Å². The lowest BCUT2D eigenvalue weighted by atomic mass is 10.0. The fourth-order valence-electron chi connectivity index (χ4n) is 4.27. The van der Waals surface area contributed by atoms with Gasteiger partial charge in [-0.25, -0.2) is 8.42 Å². The normalized spacial score (nSPS) is 23.3. The molecule has 1 aromatic rings. The first-order valence-electron chi connectivity index (χ1n) is 10.3. The number of rotatable bonds is 3. The zero-order chi connectivity index (χ0) is 20.5. The van der Waals surface area contributed by atoms with Gasteiger partial charge in [0.15, 0.2) is 5.79 Å². The van der Waals surface area contributed by atoms with Gasteiger partial charge in [0.05, 0.1) is 28.7 Å². The van der Waals surface area contributed by atoms with Crippen molar-refractivity contribution >= 4 is 27.5 Å². The molecule has 7 nitrogen and oxygen atoms in total. The highest BCUT2D eigenvalue weighted by molar-refractivity contribution is 7.89. The Hall–Kier alpha value is -1.19. The zero-order valence-electron chi connectivity index (χ0n) is 16.4. The smallest absolute Gasteiger partial charge is 0.255 e. The van der Waals surface area contributed by atoms with Gasteiger partial charge < -0.3 is 14.4 Å². The molecule has 29 heavy (non-hydrogen) atoms. The summed E-state index contributed by atoms with van der Waals surface area (Å²) in [6.07, 6.45) is 5.00. The van der Waals surface area contributed by atoms with Crippen molar-refractivity contribution in [1.82, 2.24) is 9.21 Å². The van der Waals surface area contributed by atoms with Crippen LogP contribution in [0.25, 0.3) is 0 Å². The van der Waals surface area contributed by atoms with Crippen LogP contribution in [0.15, 0.2) is 23.1 Å². The molecule has 3 fully saturated rings. The molecule has 3 saturated heterocycles. The number of ether oxygens (including phenoxy) is 2. The lowest BCUT2D eigenvalue weighted by molar-refractivity contribution is -0.181. The molecule has 0 unspecified atom stereocenters. The topological polar surface area (TPSA) is 76.2 Å². The molecule has 3 aliphatic heterocycles. The quantitative estimate of drug-likeness (QED) is 0.719. The largest absolute Gasteiger partial charge is 0.347 e. The van der Waals surface area contributed by atoms with E-state index in [4.69, 9.17) is 21.1 Å². The lowest BCUT2D eigenvalue weighted by Crippen LogP contribution is -2.47. The van der Waals surface area contributed by atoms with Crippen LogP contribution in [0.1, 0.15) is 48.9 Å². The molecule has 0 radical (unpaired) electrons. The van der Waals surface area contributed by atoms with Crippen LogP contribution in [-0.4, -0.2) is 68.7 Å². The second-order valence-electron chi connectivity index (χ2n) is 7.86. The van der Waals surface area contributed by atoms with E-state index >= 15 is 0 Å². The van der Waals surface area contributed by atoms with Crippen LogP contribution >= 0.6 is 11.6 Å². The molecule has 0 atom stereocenters. The van der Waals surface area contributed by atoms with E-state index in [0.717, 1.165) is 25.7 Å². The molecule has 9 heteroatoms. The van der Waals surface area contributed by atoms with Crippen molar-refractivity contribution in [2.75, 3.05) is 39.4 Å². The van der Waals surface area contributed by atoms with E-state index in [1.54, 1.807) is 4.90 Å². The molecule has 0 N–H and O–H groups in total. The highest BCUT2D eigenvalue weighted by Gasteiger charge is 2.41. The molecule has 0 bridgehead atoms. The van der Waals surface area contributed by atoms with Crippen molar-refractivity contribution in [3.05, 3.63) is 28.8 Å².